The fourth-order valence-corrected chi connectivity index (χ4v) is 5.59. The quantitative estimate of drug-likeness (QED) is 0.925. The second-order valence-electron chi connectivity index (χ2n) is 5.84. The summed E-state index contributed by atoms with van der Waals surface area (Å²) in [4.78, 5) is 11.4. The third kappa shape index (κ3) is 2.71. The van der Waals surface area contributed by atoms with Gasteiger partial charge in [0.1, 0.15) is 12.1 Å². The Hall–Kier alpha value is -0.890. The molecule has 5 nitrogen and oxygen atoms in total. The number of hydrogen-bond donors (Lipinski definition) is 1. The highest BCUT2D eigenvalue weighted by molar-refractivity contribution is 7.99. The molecule has 118 valence electrons. The van der Waals surface area contributed by atoms with Gasteiger partial charge in [-0.25, -0.2) is 9.97 Å². The van der Waals surface area contributed by atoms with Gasteiger partial charge in [0.15, 0.2) is 0 Å². The summed E-state index contributed by atoms with van der Waals surface area (Å²) in [5.41, 5.74) is 1.27. The van der Waals surface area contributed by atoms with Crippen LogP contribution in [0.5, 0.6) is 0 Å². The molecule has 0 aromatic carbocycles. The van der Waals surface area contributed by atoms with E-state index in [4.69, 9.17) is 4.74 Å². The summed E-state index contributed by atoms with van der Waals surface area (Å²) in [5.74, 6) is 3.42. The molecular formula is C15H20N4OS2. The van der Waals surface area contributed by atoms with E-state index in [-0.39, 0.29) is 5.54 Å². The predicted molar refractivity (Wildman–Crippen MR) is 93.0 cm³/mol. The Labute approximate surface area is 138 Å². The zero-order valence-electron chi connectivity index (χ0n) is 12.5. The Morgan fingerprint density at radius 3 is 3.05 bits per heavy atom. The fraction of sp³-hybridized carbons (Fsp3) is 0.600. The van der Waals surface area contributed by atoms with Crippen LogP contribution in [0, 0.1) is 0 Å². The first-order valence-corrected chi connectivity index (χ1v) is 9.73. The van der Waals surface area contributed by atoms with Crippen LogP contribution >= 0.6 is 23.1 Å². The van der Waals surface area contributed by atoms with Crippen LogP contribution < -0.4 is 5.32 Å². The van der Waals surface area contributed by atoms with E-state index in [1.54, 1.807) is 17.7 Å². The Morgan fingerprint density at radius 2 is 2.23 bits per heavy atom. The Kier molecular flexibility index (Phi) is 4.21. The van der Waals surface area contributed by atoms with Gasteiger partial charge in [0.2, 0.25) is 0 Å². The van der Waals surface area contributed by atoms with Crippen LogP contribution in [0.2, 0.25) is 0 Å². The van der Waals surface area contributed by atoms with Crippen molar-refractivity contribution in [2.75, 3.05) is 49.7 Å². The van der Waals surface area contributed by atoms with Crippen molar-refractivity contribution < 1.29 is 4.74 Å². The van der Waals surface area contributed by atoms with Crippen LogP contribution in [-0.4, -0.2) is 64.8 Å². The molecule has 2 aliphatic heterocycles. The summed E-state index contributed by atoms with van der Waals surface area (Å²) in [6.45, 7) is 4.75. The minimum Gasteiger partial charge on any atom is -0.379 e. The summed E-state index contributed by atoms with van der Waals surface area (Å²) >= 11 is 3.77. The molecule has 0 amide bonds. The molecular weight excluding hydrogens is 316 g/mol. The van der Waals surface area contributed by atoms with Gasteiger partial charge in [-0.05, 0) is 23.6 Å². The lowest BCUT2D eigenvalue weighted by molar-refractivity contribution is -0.00921. The zero-order valence-corrected chi connectivity index (χ0v) is 14.1. The molecule has 0 aliphatic carbocycles. The lowest BCUT2D eigenvalue weighted by Gasteiger charge is -2.43. The van der Waals surface area contributed by atoms with Crippen molar-refractivity contribution in [3.63, 3.8) is 0 Å². The zero-order chi connectivity index (χ0) is 14.8. The normalized spacial score (nSPS) is 26.5. The number of aromatic nitrogens is 2. The molecule has 0 unspecified atom stereocenters. The largest absolute Gasteiger partial charge is 0.379 e. The molecule has 2 aromatic heterocycles. The van der Waals surface area contributed by atoms with Gasteiger partial charge in [0, 0.05) is 30.9 Å². The number of ether oxygens (including phenoxy) is 1. The van der Waals surface area contributed by atoms with Crippen molar-refractivity contribution >= 4 is 39.1 Å². The Morgan fingerprint density at radius 1 is 1.32 bits per heavy atom. The minimum atomic E-state index is 0.239. The SMILES string of the molecule is c1nc(NC[C@]2(N3CCOCC3)CCSC2)c2sccc2n1. The van der Waals surface area contributed by atoms with Gasteiger partial charge in [0.25, 0.3) is 0 Å². The first-order valence-electron chi connectivity index (χ1n) is 7.70. The first-order chi connectivity index (χ1) is 10.9. The van der Waals surface area contributed by atoms with E-state index in [1.807, 2.05) is 0 Å². The third-order valence-corrected chi connectivity index (χ3v) is 6.74. The molecule has 0 bridgehead atoms. The number of fused-ring (bicyclic) bond motifs is 1. The number of nitrogens with one attached hydrogen (secondary N) is 1. The van der Waals surface area contributed by atoms with E-state index in [0.717, 1.165) is 48.9 Å². The lowest BCUT2D eigenvalue weighted by Crippen LogP contribution is -2.57. The summed E-state index contributed by atoms with van der Waals surface area (Å²) in [6.07, 6.45) is 2.89. The molecule has 2 aliphatic rings. The Balaban J connectivity index is 1.53. The Bertz CT molecular complexity index is 635. The van der Waals surface area contributed by atoms with E-state index >= 15 is 0 Å². The van der Waals surface area contributed by atoms with Crippen molar-refractivity contribution in [2.24, 2.45) is 0 Å². The van der Waals surface area contributed by atoms with Crippen LogP contribution in [0.15, 0.2) is 17.8 Å². The number of thiophene rings is 1. The molecule has 0 spiro atoms. The van der Waals surface area contributed by atoms with Crippen LogP contribution in [0.4, 0.5) is 5.82 Å². The first kappa shape index (κ1) is 14.7. The van der Waals surface area contributed by atoms with Gasteiger partial charge in [0.05, 0.1) is 23.4 Å². The molecule has 2 saturated heterocycles. The van der Waals surface area contributed by atoms with Crippen molar-refractivity contribution in [2.45, 2.75) is 12.0 Å². The highest BCUT2D eigenvalue weighted by atomic mass is 32.2. The summed E-state index contributed by atoms with van der Waals surface area (Å²) in [5, 5.41) is 5.69. The topological polar surface area (TPSA) is 50.3 Å². The van der Waals surface area contributed by atoms with Crippen LogP contribution in [0.3, 0.4) is 0 Å². The smallest absolute Gasteiger partial charge is 0.147 e. The summed E-state index contributed by atoms with van der Waals surface area (Å²) < 4.78 is 6.68. The van der Waals surface area contributed by atoms with Crippen molar-refractivity contribution in [1.29, 1.82) is 0 Å². The van der Waals surface area contributed by atoms with E-state index in [9.17, 15) is 0 Å². The maximum Gasteiger partial charge on any atom is 0.147 e. The predicted octanol–water partition coefficient (Wildman–Crippen LogP) is 2.31. The fourth-order valence-electron chi connectivity index (χ4n) is 3.30. The average molecular weight is 336 g/mol. The van der Waals surface area contributed by atoms with Gasteiger partial charge in [-0.15, -0.1) is 11.3 Å². The lowest BCUT2D eigenvalue weighted by atomic mass is 9.95. The third-order valence-electron chi connectivity index (χ3n) is 4.59. The van der Waals surface area contributed by atoms with E-state index in [2.05, 4.69) is 43.4 Å². The number of thioether (sulfide) groups is 1. The van der Waals surface area contributed by atoms with Crippen molar-refractivity contribution in [3.8, 4) is 0 Å². The van der Waals surface area contributed by atoms with Crippen LogP contribution in [0.25, 0.3) is 10.2 Å². The number of hydrogen-bond acceptors (Lipinski definition) is 7. The standard InChI is InChI=1S/C15H20N4OS2/c1-7-22-13-12(1)17-11-18-14(13)16-9-15(2-8-21-10-15)19-3-5-20-6-4-19/h1,7,11H,2-6,8-10H2,(H,16,17,18)/t15-/m1/s1. The van der Waals surface area contributed by atoms with Gasteiger partial charge in [-0.3, -0.25) is 4.90 Å². The molecule has 4 rings (SSSR count). The molecule has 2 fully saturated rings. The minimum absolute atomic E-state index is 0.239. The number of rotatable bonds is 4. The van der Waals surface area contributed by atoms with Gasteiger partial charge in [-0.2, -0.15) is 11.8 Å². The number of morpholine rings is 1. The average Bonchev–Trinajstić information content (AvgIpc) is 3.24. The maximum absolute atomic E-state index is 5.53. The highest BCUT2D eigenvalue weighted by Gasteiger charge is 2.40. The molecule has 22 heavy (non-hydrogen) atoms. The summed E-state index contributed by atoms with van der Waals surface area (Å²) in [7, 11) is 0. The second-order valence-corrected chi connectivity index (χ2v) is 7.86. The van der Waals surface area contributed by atoms with E-state index in [0.29, 0.717) is 0 Å². The van der Waals surface area contributed by atoms with E-state index in [1.165, 1.54) is 17.9 Å². The molecule has 2 aromatic rings. The molecule has 0 saturated carbocycles. The van der Waals surface area contributed by atoms with Gasteiger partial charge < -0.3 is 10.1 Å². The molecule has 0 radical (unpaired) electrons. The van der Waals surface area contributed by atoms with Gasteiger partial charge in [-0.1, -0.05) is 0 Å². The number of anilines is 1. The number of nitrogens with zero attached hydrogens (tertiary/aromatic N) is 3. The van der Waals surface area contributed by atoms with Gasteiger partial charge >= 0.3 is 0 Å². The molecule has 1 N–H and O–H groups in total. The highest BCUT2D eigenvalue weighted by Crippen LogP contribution is 2.35. The van der Waals surface area contributed by atoms with Crippen LogP contribution in [-0.2, 0) is 4.74 Å². The molecule has 4 heterocycles. The maximum atomic E-state index is 5.53. The van der Waals surface area contributed by atoms with E-state index < -0.39 is 0 Å². The van der Waals surface area contributed by atoms with Crippen molar-refractivity contribution in [3.05, 3.63) is 17.8 Å². The molecule has 7 heteroatoms. The summed E-state index contributed by atoms with van der Waals surface area (Å²) in [6, 6.07) is 2.05. The second kappa shape index (κ2) is 6.31. The van der Waals surface area contributed by atoms with Crippen molar-refractivity contribution in [1.82, 2.24) is 14.9 Å². The van der Waals surface area contributed by atoms with Crippen LogP contribution in [0.1, 0.15) is 6.42 Å². The molecule has 1 atom stereocenters. The monoisotopic (exact) mass is 336 g/mol.